The lowest BCUT2D eigenvalue weighted by Gasteiger charge is -2.35. The maximum atomic E-state index is 5.59. The fraction of sp³-hybridized carbons (Fsp3) is 0.480. The van der Waals surface area contributed by atoms with Crippen LogP contribution in [0, 0.1) is 6.92 Å². The smallest absolute Gasteiger partial charge is 0.191 e. The van der Waals surface area contributed by atoms with E-state index in [0.29, 0.717) is 6.54 Å². The highest BCUT2D eigenvalue weighted by molar-refractivity contribution is 5.79. The molecule has 0 spiro atoms. The van der Waals surface area contributed by atoms with E-state index in [1.807, 2.05) is 6.07 Å². The molecule has 0 bridgehead atoms. The van der Waals surface area contributed by atoms with Gasteiger partial charge in [0.15, 0.2) is 17.5 Å². The Morgan fingerprint density at radius 1 is 1.06 bits per heavy atom. The Morgan fingerprint density at radius 2 is 1.84 bits per heavy atom. The molecular weight excluding hydrogens is 404 g/mol. The van der Waals surface area contributed by atoms with E-state index < -0.39 is 0 Å². The summed E-state index contributed by atoms with van der Waals surface area (Å²) in [5.41, 5.74) is 3.62. The van der Waals surface area contributed by atoms with Crippen molar-refractivity contribution in [2.45, 2.75) is 26.4 Å². The van der Waals surface area contributed by atoms with Crippen molar-refractivity contribution in [3.63, 3.8) is 0 Å². The molecule has 32 heavy (non-hydrogen) atoms. The van der Waals surface area contributed by atoms with Crippen LogP contribution in [0.1, 0.15) is 29.7 Å². The van der Waals surface area contributed by atoms with Crippen molar-refractivity contribution in [3.05, 3.63) is 59.2 Å². The summed E-state index contributed by atoms with van der Waals surface area (Å²) in [4.78, 5) is 7.25. The normalized spacial score (nSPS) is 15.8. The van der Waals surface area contributed by atoms with Gasteiger partial charge in [-0.1, -0.05) is 35.9 Å². The van der Waals surface area contributed by atoms with Gasteiger partial charge in [0.05, 0.1) is 40.0 Å². The molecule has 0 saturated carbocycles. The molecule has 0 radical (unpaired) electrons. The number of methoxy groups -OCH3 is 2. The van der Waals surface area contributed by atoms with E-state index in [1.165, 1.54) is 16.7 Å². The van der Waals surface area contributed by atoms with Gasteiger partial charge in [-0.15, -0.1) is 0 Å². The number of morpholine rings is 1. The Balaban J connectivity index is 1.77. The summed E-state index contributed by atoms with van der Waals surface area (Å²) < 4.78 is 16.6. The molecule has 1 aliphatic heterocycles. The molecule has 1 heterocycles. The molecule has 0 aromatic heterocycles. The second kappa shape index (κ2) is 12.3. The highest BCUT2D eigenvalue weighted by atomic mass is 16.5. The maximum absolute atomic E-state index is 5.59. The minimum atomic E-state index is 0.154. The van der Waals surface area contributed by atoms with Gasteiger partial charge in [0.1, 0.15) is 0 Å². The molecule has 7 nitrogen and oxygen atoms in total. The van der Waals surface area contributed by atoms with Gasteiger partial charge < -0.3 is 24.8 Å². The Hall–Kier alpha value is -2.77. The number of benzene rings is 2. The number of aryl methyl sites for hydroxylation is 1. The van der Waals surface area contributed by atoms with Gasteiger partial charge in [-0.05, 0) is 37.1 Å². The fourth-order valence-electron chi connectivity index (χ4n) is 3.92. The van der Waals surface area contributed by atoms with Gasteiger partial charge in [0, 0.05) is 26.2 Å². The van der Waals surface area contributed by atoms with Crippen LogP contribution < -0.4 is 20.1 Å². The summed E-state index contributed by atoms with van der Waals surface area (Å²) in [7, 11) is 3.33. The molecule has 0 aliphatic carbocycles. The van der Waals surface area contributed by atoms with Gasteiger partial charge in [-0.25, -0.2) is 4.99 Å². The third-order valence-corrected chi connectivity index (χ3v) is 5.59. The summed E-state index contributed by atoms with van der Waals surface area (Å²) >= 11 is 0. The van der Waals surface area contributed by atoms with Crippen LogP contribution in [0.4, 0.5) is 0 Å². The number of hydrogen-bond donors (Lipinski definition) is 2. The number of nitrogens with one attached hydrogen (secondary N) is 2. The second-order valence-electron chi connectivity index (χ2n) is 7.84. The predicted molar refractivity (Wildman–Crippen MR) is 129 cm³/mol. The van der Waals surface area contributed by atoms with E-state index in [4.69, 9.17) is 19.2 Å². The van der Waals surface area contributed by atoms with Crippen LogP contribution in [-0.2, 0) is 11.3 Å². The highest BCUT2D eigenvalue weighted by Crippen LogP contribution is 2.32. The van der Waals surface area contributed by atoms with Gasteiger partial charge in [-0.2, -0.15) is 0 Å². The summed E-state index contributed by atoms with van der Waals surface area (Å²) in [5, 5.41) is 6.92. The Kier molecular flexibility index (Phi) is 9.19. The molecular formula is C25H36N4O3. The number of ether oxygens (including phenoxy) is 3. The zero-order valence-electron chi connectivity index (χ0n) is 19.7. The van der Waals surface area contributed by atoms with Crippen LogP contribution in [-0.4, -0.2) is 64.5 Å². The quantitative estimate of drug-likeness (QED) is 0.461. The Labute approximate surface area is 191 Å². The number of hydrogen-bond acceptors (Lipinski definition) is 5. The average molecular weight is 441 g/mol. The van der Waals surface area contributed by atoms with Gasteiger partial charge in [0.2, 0.25) is 0 Å². The number of guanidine groups is 1. The second-order valence-corrected chi connectivity index (χ2v) is 7.84. The van der Waals surface area contributed by atoms with Crippen molar-refractivity contribution < 1.29 is 14.2 Å². The number of nitrogens with zero attached hydrogens (tertiary/aromatic N) is 2. The van der Waals surface area contributed by atoms with Crippen molar-refractivity contribution >= 4 is 5.96 Å². The first-order valence-electron chi connectivity index (χ1n) is 11.3. The summed E-state index contributed by atoms with van der Waals surface area (Å²) in [6, 6.07) is 14.8. The first kappa shape index (κ1) is 23.9. The highest BCUT2D eigenvalue weighted by Gasteiger charge is 2.24. The van der Waals surface area contributed by atoms with Crippen LogP contribution in [0.15, 0.2) is 47.5 Å². The third-order valence-electron chi connectivity index (χ3n) is 5.59. The molecule has 7 heteroatoms. The third kappa shape index (κ3) is 6.61. The minimum absolute atomic E-state index is 0.154. The van der Waals surface area contributed by atoms with Crippen LogP contribution in [0.5, 0.6) is 11.5 Å². The zero-order chi connectivity index (χ0) is 22.8. The molecule has 1 atom stereocenters. The first-order chi connectivity index (χ1) is 15.6. The monoisotopic (exact) mass is 440 g/mol. The molecule has 1 fully saturated rings. The molecule has 174 valence electrons. The van der Waals surface area contributed by atoms with Gasteiger partial charge in [-0.3, -0.25) is 4.90 Å². The van der Waals surface area contributed by atoms with Crippen molar-refractivity contribution in [1.29, 1.82) is 0 Å². The van der Waals surface area contributed by atoms with Crippen molar-refractivity contribution in [3.8, 4) is 11.5 Å². The van der Waals surface area contributed by atoms with E-state index in [1.54, 1.807) is 14.2 Å². The molecule has 2 aromatic rings. The molecule has 2 aromatic carbocycles. The molecule has 1 saturated heterocycles. The average Bonchev–Trinajstić information content (AvgIpc) is 2.83. The van der Waals surface area contributed by atoms with E-state index in [9.17, 15) is 0 Å². The van der Waals surface area contributed by atoms with Crippen molar-refractivity contribution in [1.82, 2.24) is 15.5 Å². The molecule has 2 N–H and O–H groups in total. The standard InChI is InChI=1S/C25H36N4O3/c1-5-26-25(27-17-20-8-6-7-19(2)15-20)28-18-22(29-11-13-32-14-12-29)21-9-10-23(30-3)24(16-21)31-4/h6-10,15-16,22H,5,11-14,17-18H2,1-4H3,(H2,26,27,28). The van der Waals surface area contributed by atoms with Crippen LogP contribution >= 0.6 is 0 Å². The van der Waals surface area contributed by atoms with Gasteiger partial charge in [0.25, 0.3) is 0 Å². The topological polar surface area (TPSA) is 67.4 Å². The summed E-state index contributed by atoms with van der Waals surface area (Å²) in [5.74, 6) is 2.29. The lowest BCUT2D eigenvalue weighted by Crippen LogP contribution is -2.46. The Bertz CT molecular complexity index is 881. The molecule has 3 rings (SSSR count). The number of aliphatic imine (C=N–C) groups is 1. The van der Waals surface area contributed by atoms with E-state index in [-0.39, 0.29) is 6.04 Å². The lowest BCUT2D eigenvalue weighted by molar-refractivity contribution is 0.0169. The summed E-state index contributed by atoms with van der Waals surface area (Å²) in [6.45, 7) is 9.60. The molecule has 1 aliphatic rings. The van der Waals surface area contributed by atoms with Gasteiger partial charge >= 0.3 is 0 Å². The maximum Gasteiger partial charge on any atom is 0.191 e. The van der Waals surface area contributed by atoms with E-state index in [0.717, 1.165) is 56.9 Å². The fourth-order valence-corrected chi connectivity index (χ4v) is 3.92. The summed E-state index contributed by atoms with van der Waals surface area (Å²) in [6.07, 6.45) is 0. The molecule has 1 unspecified atom stereocenters. The van der Waals surface area contributed by atoms with E-state index >= 15 is 0 Å². The zero-order valence-corrected chi connectivity index (χ0v) is 19.7. The van der Waals surface area contributed by atoms with Crippen molar-refractivity contribution in [2.24, 2.45) is 4.99 Å². The van der Waals surface area contributed by atoms with Crippen LogP contribution in [0.25, 0.3) is 0 Å². The SMILES string of the molecule is CCNC(=NCc1cccc(C)c1)NCC(c1ccc(OC)c(OC)c1)N1CCOCC1. The lowest BCUT2D eigenvalue weighted by atomic mass is 10.0. The minimum Gasteiger partial charge on any atom is -0.493 e. The predicted octanol–water partition coefficient (Wildman–Crippen LogP) is 3.14. The van der Waals surface area contributed by atoms with Crippen LogP contribution in [0.3, 0.4) is 0 Å². The first-order valence-corrected chi connectivity index (χ1v) is 11.3. The van der Waals surface area contributed by atoms with Crippen LogP contribution in [0.2, 0.25) is 0 Å². The van der Waals surface area contributed by atoms with Crippen molar-refractivity contribution in [2.75, 3.05) is 53.6 Å². The largest absolute Gasteiger partial charge is 0.493 e. The molecule has 0 amide bonds. The number of rotatable bonds is 9. The van der Waals surface area contributed by atoms with E-state index in [2.05, 4.69) is 65.8 Å². The Morgan fingerprint density at radius 3 is 2.53 bits per heavy atom.